The van der Waals surface area contributed by atoms with Crippen molar-refractivity contribution in [2.24, 2.45) is 4.40 Å². The van der Waals surface area contributed by atoms with Crippen LogP contribution in [0, 0.1) is 0 Å². The smallest absolute Gasteiger partial charge is 0.239 e. The molecule has 6 nitrogen and oxygen atoms in total. The van der Waals surface area contributed by atoms with Gasteiger partial charge in [0.2, 0.25) is 10.4 Å². The van der Waals surface area contributed by atoms with Gasteiger partial charge in [-0.3, -0.25) is 4.21 Å². The van der Waals surface area contributed by atoms with E-state index in [2.05, 4.69) is 0 Å². The van der Waals surface area contributed by atoms with Crippen LogP contribution in [0.15, 0.2) is 4.40 Å². The molecule has 0 N–H and O–H groups in total. The lowest BCUT2D eigenvalue weighted by Gasteiger charge is -2.08. The molecule has 0 aromatic heterocycles. The zero-order valence-corrected chi connectivity index (χ0v) is 6.23. The summed E-state index contributed by atoms with van der Waals surface area (Å²) in [4.78, 5) is 0. The van der Waals surface area contributed by atoms with Gasteiger partial charge in [0.05, 0.1) is 11.2 Å². The number of hydrogen-bond donors (Lipinski definition) is 0. The third-order valence-corrected chi connectivity index (χ3v) is 1.82. The first-order valence-corrected chi connectivity index (χ1v) is 4.22. The normalized spacial score (nSPS) is 16.4. The van der Waals surface area contributed by atoms with Crippen LogP contribution in [0.1, 0.15) is 0 Å². The van der Waals surface area contributed by atoms with Crippen molar-refractivity contribution < 1.29 is 26.0 Å². The Morgan fingerprint density at radius 1 is 1.64 bits per heavy atom. The van der Waals surface area contributed by atoms with E-state index in [9.17, 15) is 26.0 Å². The minimum Gasteiger partial charge on any atom is -0.836 e. The molecule has 0 rings (SSSR count). The number of hydrogen-bond acceptors (Lipinski definition) is 4. The molecule has 0 aliphatic heterocycles. The van der Waals surface area contributed by atoms with E-state index in [1.54, 1.807) is 4.13 Å². The van der Waals surface area contributed by atoms with Crippen LogP contribution >= 0.6 is 0 Å². The summed E-state index contributed by atoms with van der Waals surface area (Å²) < 4.78 is 55.3. The summed E-state index contributed by atoms with van der Waals surface area (Å²) in [6, 6.07) is 0. The first-order chi connectivity index (χ1) is 4.81. The van der Waals surface area contributed by atoms with Crippen LogP contribution in [0.3, 0.4) is 0 Å². The largest absolute Gasteiger partial charge is 0.836 e. The zero-order chi connectivity index (χ0) is 9.07. The van der Waals surface area contributed by atoms with Crippen LogP contribution in [0.5, 0.6) is 0 Å². The lowest BCUT2D eigenvalue weighted by Crippen LogP contribution is -2.11. The van der Waals surface area contributed by atoms with E-state index in [1.165, 1.54) is 0 Å². The molecule has 66 valence electrons. The molecule has 0 aromatic carbocycles. The fraction of sp³-hybridized carbons (Fsp3) is 0. The lowest BCUT2D eigenvalue weighted by molar-refractivity contribution is -0.232. The quantitative estimate of drug-likeness (QED) is 0.330. The van der Waals surface area contributed by atoms with Gasteiger partial charge in [-0.15, -0.1) is 3.89 Å². The molecular weight excluding hydrogens is 206 g/mol. The fourth-order valence-electron chi connectivity index (χ4n) is 0.154. The molecule has 0 aliphatic rings. The molecule has 0 aromatic rings. The van der Waals surface area contributed by atoms with Crippen LogP contribution in [0.25, 0.3) is 4.13 Å². The Morgan fingerprint density at radius 2 is 2.09 bits per heavy atom. The third-order valence-electron chi connectivity index (χ3n) is 0.303. The van der Waals surface area contributed by atoms with Crippen LogP contribution in [-0.2, 0) is 21.6 Å². The van der Waals surface area contributed by atoms with Gasteiger partial charge in [0.15, 0.2) is 6.15 Å². The summed E-state index contributed by atoms with van der Waals surface area (Å²) in [5.41, 5.74) is 0. The van der Waals surface area contributed by atoms with Crippen LogP contribution in [0.4, 0.5) is 8.28 Å². The number of halogens is 2. The second-order valence-corrected chi connectivity index (χ2v) is 3.13. The second kappa shape index (κ2) is 3.69. The molecule has 0 fully saturated rings. The highest BCUT2D eigenvalue weighted by Gasteiger charge is 1.93. The van der Waals surface area contributed by atoms with Crippen molar-refractivity contribution in [2.45, 2.75) is 0 Å². The summed E-state index contributed by atoms with van der Waals surface area (Å²) in [7, 11) is -5.36. The Labute approximate surface area is 63.0 Å². The molecule has 0 bridgehead atoms. The molecule has 10 heteroatoms. The third kappa shape index (κ3) is 7.29. The van der Waals surface area contributed by atoms with Gasteiger partial charge in [0.1, 0.15) is 0 Å². The van der Waals surface area contributed by atoms with Gasteiger partial charge in [-0.2, -0.15) is 4.40 Å². The molecule has 0 heterocycles. The highest BCUT2D eigenvalue weighted by Crippen LogP contribution is 2.07. The minimum atomic E-state index is -5.36. The fourth-order valence-corrected chi connectivity index (χ4v) is 1.02. The van der Waals surface area contributed by atoms with Crippen molar-refractivity contribution in [3.63, 3.8) is 0 Å². The summed E-state index contributed by atoms with van der Waals surface area (Å²) in [5, 5.41) is 9.34. The number of nitrogens with zero attached hydrogens (tertiary/aromatic N) is 2. The van der Waals surface area contributed by atoms with Crippen LogP contribution in [-0.4, -0.2) is 18.8 Å². The predicted octanol–water partition coefficient (Wildman–Crippen LogP) is -1.16. The van der Waals surface area contributed by atoms with Crippen molar-refractivity contribution >= 4 is 27.7 Å². The Kier molecular flexibility index (Phi) is 3.48. The Balaban J connectivity index is 4.23. The maximum Gasteiger partial charge on any atom is 0.239 e. The number of rotatable bonds is 3. The van der Waals surface area contributed by atoms with Crippen molar-refractivity contribution in [3.8, 4) is 0 Å². The molecule has 0 amide bonds. The molecule has 0 saturated heterocycles. The highest BCUT2D eigenvalue weighted by atomic mass is 32.3. The average Bonchev–Trinajstić information content (AvgIpc) is 1.53. The van der Waals surface area contributed by atoms with E-state index < -0.39 is 27.7 Å². The van der Waals surface area contributed by atoms with E-state index >= 15 is 0 Å². The Morgan fingerprint density at radius 3 is 2.36 bits per heavy atom. The maximum atomic E-state index is 11.4. The SMILES string of the molecule is O=S(/N=C(\[O-])F)[N-]S(=O)(=O)F. The molecule has 0 saturated carbocycles. The van der Waals surface area contributed by atoms with E-state index in [4.69, 9.17) is 0 Å². The Bertz CT molecular complexity index is 278. The maximum absolute atomic E-state index is 11.4. The summed E-state index contributed by atoms with van der Waals surface area (Å²) >= 11 is -3.06. The average molecular weight is 206 g/mol. The second-order valence-electron chi connectivity index (χ2n) is 1.06. The van der Waals surface area contributed by atoms with Gasteiger partial charge in [0.25, 0.3) is 0 Å². The van der Waals surface area contributed by atoms with E-state index in [0.29, 0.717) is 0 Å². The van der Waals surface area contributed by atoms with Gasteiger partial charge in [-0.25, -0.2) is 12.8 Å². The van der Waals surface area contributed by atoms with E-state index in [1.807, 2.05) is 4.40 Å². The lowest BCUT2D eigenvalue weighted by atomic mass is 11.5. The van der Waals surface area contributed by atoms with Crippen LogP contribution < -0.4 is 5.11 Å². The molecule has 1 unspecified atom stereocenters. The van der Waals surface area contributed by atoms with Crippen molar-refractivity contribution in [1.82, 2.24) is 0 Å². The first kappa shape index (κ1) is 10.4. The molecular formula is CF2N2O4S2-2. The summed E-state index contributed by atoms with van der Waals surface area (Å²) in [5.74, 6) is 0. The van der Waals surface area contributed by atoms with Crippen molar-refractivity contribution in [3.05, 3.63) is 4.13 Å². The molecule has 0 radical (unpaired) electrons. The Hall–Kier alpha value is -0.610. The van der Waals surface area contributed by atoms with Gasteiger partial charge >= 0.3 is 0 Å². The molecule has 0 aliphatic carbocycles. The van der Waals surface area contributed by atoms with Gasteiger partial charge in [-0.05, 0) is 0 Å². The van der Waals surface area contributed by atoms with Gasteiger partial charge in [-0.1, -0.05) is 0 Å². The first-order valence-electron chi connectivity index (χ1n) is 1.82. The molecule has 11 heavy (non-hydrogen) atoms. The standard InChI is InChI=1S/CHF2N2O4S2/c2-1(6)4-10(7)5-11(3,8)9/h(H,4,6)/q-1/p-1. The zero-order valence-electron chi connectivity index (χ0n) is 4.60. The molecule has 0 spiro atoms. The molecule has 1 atom stereocenters. The predicted molar refractivity (Wildman–Crippen MR) is 30.1 cm³/mol. The van der Waals surface area contributed by atoms with Gasteiger partial charge < -0.3 is 9.23 Å². The van der Waals surface area contributed by atoms with Crippen molar-refractivity contribution in [2.75, 3.05) is 0 Å². The van der Waals surface area contributed by atoms with Crippen molar-refractivity contribution in [1.29, 1.82) is 0 Å². The summed E-state index contributed by atoms with van der Waals surface area (Å²) in [6.45, 7) is 0. The minimum absolute atomic E-state index is 1.80. The summed E-state index contributed by atoms with van der Waals surface area (Å²) in [6.07, 6.45) is -2.39. The topological polar surface area (TPSA) is 101 Å². The highest BCUT2D eigenvalue weighted by molar-refractivity contribution is 8.06. The van der Waals surface area contributed by atoms with Crippen LogP contribution in [0.2, 0.25) is 0 Å². The monoisotopic (exact) mass is 206 g/mol. The van der Waals surface area contributed by atoms with E-state index in [0.717, 1.165) is 0 Å². The van der Waals surface area contributed by atoms with E-state index in [-0.39, 0.29) is 0 Å². The van der Waals surface area contributed by atoms with Gasteiger partial charge in [0, 0.05) is 0 Å².